The van der Waals surface area contributed by atoms with Crippen molar-refractivity contribution in [1.82, 2.24) is 19.8 Å². The number of pyridine rings is 2. The molecular formula is C34H39F3N6O5. The molecule has 1 amide bonds. The van der Waals surface area contributed by atoms with Crippen LogP contribution in [0.15, 0.2) is 48.8 Å². The molecular weight excluding hydrogens is 629 g/mol. The van der Waals surface area contributed by atoms with Crippen molar-refractivity contribution in [3.8, 4) is 17.0 Å². The molecule has 2 aromatic heterocycles. The van der Waals surface area contributed by atoms with Gasteiger partial charge in [0, 0.05) is 80.4 Å². The fraction of sp³-hybridized carbons (Fsp3) is 0.471. The Morgan fingerprint density at radius 1 is 1.02 bits per heavy atom. The standard InChI is InChI=1S/C34H39F3N6O5/c1-22-29(19-27(21-38-22)40-31(44)23-3-2-4-26(15-23)34(35,36)37)25-18-30(43-10-12-47-13-11-43)32(39-20-25)48-14-9-41-5-7-42(8-6-41)28-16-24(17-28)33(45)46/h2-4,15,18-21,24,28H,5-14,16-17H2,1H3,(H,40,44)(H,45,46). The molecule has 0 spiro atoms. The van der Waals surface area contributed by atoms with Gasteiger partial charge in [0.1, 0.15) is 12.3 Å². The molecule has 0 unspecified atom stereocenters. The fourth-order valence-corrected chi connectivity index (χ4v) is 6.37. The van der Waals surface area contributed by atoms with Gasteiger partial charge in [-0.3, -0.25) is 24.4 Å². The molecule has 1 saturated carbocycles. The molecule has 0 atom stereocenters. The average Bonchev–Trinajstić information content (AvgIpc) is 3.06. The summed E-state index contributed by atoms with van der Waals surface area (Å²) in [5.41, 5.74) is 2.30. The van der Waals surface area contributed by atoms with Gasteiger partial charge in [0.15, 0.2) is 0 Å². The second kappa shape index (κ2) is 14.5. The van der Waals surface area contributed by atoms with E-state index in [4.69, 9.17) is 14.5 Å². The van der Waals surface area contributed by atoms with Gasteiger partial charge in [0.25, 0.3) is 5.91 Å². The zero-order chi connectivity index (χ0) is 33.8. The highest BCUT2D eigenvalue weighted by Crippen LogP contribution is 2.35. The molecule has 0 radical (unpaired) electrons. The summed E-state index contributed by atoms with van der Waals surface area (Å²) in [5.74, 6) is -1.07. The Balaban J connectivity index is 1.12. The number of morpholine rings is 1. The van der Waals surface area contributed by atoms with Gasteiger partial charge in [0.05, 0.1) is 36.6 Å². The quantitative estimate of drug-likeness (QED) is 0.321. The molecule has 14 heteroatoms. The first-order valence-corrected chi connectivity index (χ1v) is 16.2. The number of ether oxygens (including phenoxy) is 2. The number of aliphatic carboxylic acids is 1. The molecule has 1 aliphatic carbocycles. The van der Waals surface area contributed by atoms with Crippen LogP contribution in [0.5, 0.6) is 5.88 Å². The highest BCUT2D eigenvalue weighted by molar-refractivity contribution is 6.04. The SMILES string of the molecule is Cc1ncc(NC(=O)c2cccc(C(F)(F)F)c2)cc1-c1cnc(OCCN2CCN(C3CC(C(=O)O)C3)CC2)c(N2CCOCC2)c1. The Morgan fingerprint density at radius 2 is 1.77 bits per heavy atom. The van der Waals surface area contributed by atoms with E-state index >= 15 is 0 Å². The highest BCUT2D eigenvalue weighted by atomic mass is 19.4. The molecule has 2 aliphatic heterocycles. The van der Waals surface area contributed by atoms with Crippen molar-refractivity contribution in [3.63, 3.8) is 0 Å². The van der Waals surface area contributed by atoms with Crippen molar-refractivity contribution in [2.45, 2.75) is 32.0 Å². The number of carbonyl (C=O) groups is 2. The number of hydrogen-bond acceptors (Lipinski definition) is 9. The van der Waals surface area contributed by atoms with Crippen LogP contribution >= 0.6 is 0 Å². The number of amides is 1. The number of carboxylic acid groups (broad SMARTS) is 1. The van der Waals surface area contributed by atoms with Crippen LogP contribution < -0.4 is 15.0 Å². The molecule has 11 nitrogen and oxygen atoms in total. The number of rotatable bonds is 10. The van der Waals surface area contributed by atoms with E-state index in [9.17, 15) is 27.9 Å². The number of aryl methyl sites for hydroxylation is 1. The lowest BCUT2D eigenvalue weighted by Gasteiger charge is -2.45. The van der Waals surface area contributed by atoms with Gasteiger partial charge >= 0.3 is 12.1 Å². The Bertz CT molecular complexity index is 1620. The zero-order valence-electron chi connectivity index (χ0n) is 26.7. The Hall–Kier alpha value is -4.27. The van der Waals surface area contributed by atoms with E-state index in [1.54, 1.807) is 12.3 Å². The second-order valence-electron chi connectivity index (χ2n) is 12.4. The maximum atomic E-state index is 13.2. The zero-order valence-corrected chi connectivity index (χ0v) is 26.7. The second-order valence-corrected chi connectivity index (χ2v) is 12.4. The minimum Gasteiger partial charge on any atom is -0.481 e. The van der Waals surface area contributed by atoms with Gasteiger partial charge in [-0.05, 0) is 50.1 Å². The third-order valence-corrected chi connectivity index (χ3v) is 9.32. The van der Waals surface area contributed by atoms with E-state index < -0.39 is 23.6 Å². The number of piperazine rings is 1. The molecule has 2 saturated heterocycles. The molecule has 3 aromatic rings. The van der Waals surface area contributed by atoms with Crippen molar-refractivity contribution in [3.05, 3.63) is 65.6 Å². The van der Waals surface area contributed by atoms with Crippen LogP contribution in [0.3, 0.4) is 0 Å². The van der Waals surface area contributed by atoms with E-state index in [0.717, 1.165) is 68.9 Å². The summed E-state index contributed by atoms with van der Waals surface area (Å²) < 4.78 is 51.4. The van der Waals surface area contributed by atoms with E-state index in [-0.39, 0.29) is 11.5 Å². The molecule has 256 valence electrons. The van der Waals surface area contributed by atoms with Crippen molar-refractivity contribution < 1.29 is 37.3 Å². The number of benzene rings is 1. The topological polar surface area (TPSA) is 120 Å². The van der Waals surface area contributed by atoms with Crippen molar-refractivity contribution in [1.29, 1.82) is 0 Å². The Labute approximate surface area is 276 Å². The Kier molecular flexibility index (Phi) is 10.1. The monoisotopic (exact) mass is 668 g/mol. The van der Waals surface area contributed by atoms with Crippen LogP contribution in [0.2, 0.25) is 0 Å². The average molecular weight is 669 g/mol. The number of alkyl halides is 3. The first-order valence-electron chi connectivity index (χ1n) is 16.2. The first kappa shape index (κ1) is 33.6. The lowest BCUT2D eigenvalue weighted by Crippen LogP contribution is -2.55. The first-order chi connectivity index (χ1) is 23.0. The van der Waals surface area contributed by atoms with Gasteiger partial charge in [0.2, 0.25) is 5.88 Å². The van der Waals surface area contributed by atoms with Gasteiger partial charge in [-0.1, -0.05) is 6.07 Å². The van der Waals surface area contributed by atoms with Gasteiger partial charge in [-0.15, -0.1) is 0 Å². The predicted molar refractivity (Wildman–Crippen MR) is 172 cm³/mol. The van der Waals surface area contributed by atoms with Crippen molar-refractivity contribution >= 4 is 23.3 Å². The summed E-state index contributed by atoms with van der Waals surface area (Å²) in [5, 5.41) is 11.8. The number of aromatic nitrogens is 2. The van der Waals surface area contributed by atoms with Crippen molar-refractivity contribution in [2.24, 2.45) is 5.92 Å². The number of halogens is 3. The van der Waals surface area contributed by atoms with E-state index in [2.05, 4.69) is 25.0 Å². The van der Waals surface area contributed by atoms with E-state index in [0.29, 0.717) is 61.8 Å². The number of hydrogen-bond donors (Lipinski definition) is 2. The minimum absolute atomic E-state index is 0.112. The molecule has 2 N–H and O–H groups in total. The maximum absolute atomic E-state index is 13.2. The maximum Gasteiger partial charge on any atom is 0.416 e. The smallest absolute Gasteiger partial charge is 0.416 e. The third-order valence-electron chi connectivity index (χ3n) is 9.32. The summed E-state index contributed by atoms with van der Waals surface area (Å²) in [4.78, 5) is 40.1. The third kappa shape index (κ3) is 7.88. The highest BCUT2D eigenvalue weighted by Gasteiger charge is 2.38. The van der Waals surface area contributed by atoms with Crippen LogP contribution in [-0.2, 0) is 15.7 Å². The summed E-state index contributed by atoms with van der Waals surface area (Å²) in [6.07, 6.45) is 0.0785. The molecule has 0 bridgehead atoms. The molecule has 48 heavy (non-hydrogen) atoms. The predicted octanol–water partition coefficient (Wildman–Crippen LogP) is 4.42. The number of carbonyl (C=O) groups excluding carboxylic acids is 1. The molecule has 4 heterocycles. The fourth-order valence-electron chi connectivity index (χ4n) is 6.37. The summed E-state index contributed by atoms with van der Waals surface area (Å²) in [6, 6.07) is 8.37. The summed E-state index contributed by atoms with van der Waals surface area (Å²) in [7, 11) is 0. The molecule has 3 fully saturated rings. The van der Waals surface area contributed by atoms with Gasteiger partial charge < -0.3 is 24.8 Å². The molecule has 3 aliphatic rings. The molecule has 6 rings (SSSR count). The lowest BCUT2D eigenvalue weighted by molar-refractivity contribution is -0.147. The van der Waals surface area contributed by atoms with Crippen LogP contribution in [0.1, 0.15) is 34.5 Å². The Morgan fingerprint density at radius 3 is 2.48 bits per heavy atom. The van der Waals surface area contributed by atoms with Crippen LogP contribution in [0.4, 0.5) is 24.5 Å². The van der Waals surface area contributed by atoms with Crippen LogP contribution in [-0.4, -0.2) is 108 Å². The van der Waals surface area contributed by atoms with Crippen LogP contribution in [0, 0.1) is 12.8 Å². The van der Waals surface area contributed by atoms with E-state index in [1.807, 2.05) is 13.0 Å². The van der Waals surface area contributed by atoms with Gasteiger partial charge in [-0.25, -0.2) is 4.98 Å². The van der Waals surface area contributed by atoms with Crippen LogP contribution in [0.25, 0.3) is 11.1 Å². The number of anilines is 2. The number of carboxylic acids is 1. The summed E-state index contributed by atoms with van der Waals surface area (Å²) >= 11 is 0. The largest absolute Gasteiger partial charge is 0.481 e. The molecule has 1 aromatic carbocycles. The summed E-state index contributed by atoms with van der Waals surface area (Å²) in [6.45, 7) is 9.10. The lowest BCUT2D eigenvalue weighted by atomic mass is 9.79. The number of nitrogens with zero attached hydrogens (tertiary/aromatic N) is 5. The van der Waals surface area contributed by atoms with Crippen molar-refractivity contribution in [2.75, 3.05) is 75.9 Å². The van der Waals surface area contributed by atoms with Gasteiger partial charge in [-0.2, -0.15) is 13.2 Å². The minimum atomic E-state index is -4.56. The number of nitrogens with one attached hydrogen (secondary N) is 1. The normalized spacial score (nSPS) is 20.6. The van der Waals surface area contributed by atoms with E-state index in [1.165, 1.54) is 18.3 Å².